The van der Waals surface area contributed by atoms with Crippen LogP contribution >= 0.6 is 11.6 Å². The summed E-state index contributed by atoms with van der Waals surface area (Å²) in [6.45, 7) is 5.54. The van der Waals surface area contributed by atoms with Gasteiger partial charge in [0.05, 0.1) is 16.9 Å². The lowest BCUT2D eigenvalue weighted by Crippen LogP contribution is -2.56. The predicted molar refractivity (Wildman–Crippen MR) is 110 cm³/mol. The number of benzene rings is 2. The Labute approximate surface area is 165 Å². The summed E-state index contributed by atoms with van der Waals surface area (Å²) in [4.78, 5) is 27.3. The fourth-order valence-corrected chi connectivity index (χ4v) is 2.66. The Morgan fingerprint density at radius 2 is 1.63 bits per heavy atom. The Balaban J connectivity index is 2.23. The number of anilines is 2. The number of nitrogens with one attached hydrogen (secondary N) is 2. The van der Waals surface area contributed by atoms with Gasteiger partial charge in [-0.1, -0.05) is 29.8 Å². The van der Waals surface area contributed by atoms with E-state index in [9.17, 15) is 9.59 Å². The van der Waals surface area contributed by atoms with Crippen LogP contribution in [0.15, 0.2) is 48.5 Å². The molecule has 2 aromatic carbocycles. The Hall–Kier alpha value is -2.73. The molecule has 3 amide bonds. The normalized spacial score (nSPS) is 10.9. The lowest BCUT2D eigenvalue weighted by atomic mass is 10.1. The first-order valence-electron chi connectivity index (χ1n) is 8.53. The third kappa shape index (κ3) is 5.37. The fraction of sp³-hybridized carbons (Fsp3) is 0.300. The third-order valence-corrected chi connectivity index (χ3v) is 4.03. The molecule has 7 heteroatoms. The Morgan fingerprint density at radius 3 is 2.19 bits per heavy atom. The molecule has 6 nitrogen and oxygen atoms in total. The summed E-state index contributed by atoms with van der Waals surface area (Å²) < 4.78 is 0. The van der Waals surface area contributed by atoms with Gasteiger partial charge in [0.1, 0.15) is 0 Å². The van der Waals surface area contributed by atoms with Crippen molar-refractivity contribution >= 4 is 34.9 Å². The Bertz CT molecular complexity index is 816. The van der Waals surface area contributed by atoms with Crippen LogP contribution in [0.1, 0.15) is 31.1 Å². The lowest BCUT2D eigenvalue weighted by molar-refractivity contribution is 0.0460. The van der Waals surface area contributed by atoms with Crippen LogP contribution < -0.4 is 15.6 Å². The van der Waals surface area contributed by atoms with E-state index in [1.807, 2.05) is 51.9 Å². The molecule has 0 aromatic heterocycles. The number of hydrazine groups is 1. The summed E-state index contributed by atoms with van der Waals surface area (Å²) in [7, 11) is 3.74. The molecule has 0 fully saturated rings. The zero-order chi connectivity index (χ0) is 20.2. The van der Waals surface area contributed by atoms with Gasteiger partial charge in [0, 0.05) is 24.7 Å². The molecular formula is C20H25ClN4O2. The van der Waals surface area contributed by atoms with E-state index in [4.69, 9.17) is 11.6 Å². The van der Waals surface area contributed by atoms with E-state index in [2.05, 4.69) is 10.7 Å². The van der Waals surface area contributed by atoms with Crippen molar-refractivity contribution in [3.8, 4) is 0 Å². The number of nitrogens with zero attached hydrogens (tertiary/aromatic N) is 2. The van der Waals surface area contributed by atoms with Gasteiger partial charge in [0.2, 0.25) is 0 Å². The van der Waals surface area contributed by atoms with E-state index in [0.717, 1.165) is 5.69 Å². The molecule has 0 radical (unpaired) electrons. The molecule has 0 atom stereocenters. The highest BCUT2D eigenvalue weighted by Crippen LogP contribution is 2.27. The molecule has 0 bridgehead atoms. The molecule has 0 aliphatic rings. The maximum Gasteiger partial charge on any atom is 0.338 e. The highest BCUT2D eigenvalue weighted by molar-refractivity contribution is 6.31. The molecule has 0 unspecified atom stereocenters. The van der Waals surface area contributed by atoms with Crippen molar-refractivity contribution in [3.63, 3.8) is 0 Å². The molecule has 0 aliphatic heterocycles. The predicted octanol–water partition coefficient (Wildman–Crippen LogP) is 4.38. The largest absolute Gasteiger partial charge is 0.376 e. The Kier molecular flexibility index (Phi) is 6.33. The summed E-state index contributed by atoms with van der Waals surface area (Å²) in [6.07, 6.45) is 0. The molecule has 0 saturated carbocycles. The summed E-state index contributed by atoms with van der Waals surface area (Å²) >= 11 is 6.06. The summed E-state index contributed by atoms with van der Waals surface area (Å²) in [5, 5.41) is 4.59. The minimum atomic E-state index is -0.622. The van der Waals surface area contributed by atoms with E-state index in [0.29, 0.717) is 16.3 Å². The topological polar surface area (TPSA) is 64.7 Å². The van der Waals surface area contributed by atoms with Gasteiger partial charge in [-0.15, -0.1) is 0 Å². The number of hydrogen-bond acceptors (Lipinski definition) is 3. The first kappa shape index (κ1) is 20.6. The molecule has 0 aliphatic carbocycles. The average Bonchev–Trinajstić information content (AvgIpc) is 2.58. The van der Waals surface area contributed by atoms with Gasteiger partial charge in [-0.25, -0.2) is 15.2 Å². The molecule has 0 spiro atoms. The van der Waals surface area contributed by atoms with Crippen molar-refractivity contribution in [2.75, 3.05) is 24.3 Å². The maximum absolute atomic E-state index is 12.9. The first-order valence-corrected chi connectivity index (χ1v) is 8.91. The zero-order valence-electron chi connectivity index (χ0n) is 16.2. The number of urea groups is 1. The Morgan fingerprint density at radius 1 is 1.00 bits per heavy atom. The highest BCUT2D eigenvalue weighted by atomic mass is 35.5. The molecule has 2 rings (SSSR count). The van der Waals surface area contributed by atoms with Gasteiger partial charge in [-0.2, -0.15) is 0 Å². The minimum Gasteiger partial charge on any atom is -0.376 e. The van der Waals surface area contributed by atoms with Crippen LogP contribution in [-0.4, -0.2) is 36.6 Å². The molecule has 2 aromatic rings. The van der Waals surface area contributed by atoms with Crippen LogP contribution in [0.2, 0.25) is 5.02 Å². The van der Waals surface area contributed by atoms with Crippen LogP contribution in [0.4, 0.5) is 16.2 Å². The monoisotopic (exact) mass is 388 g/mol. The number of amides is 3. The second kappa shape index (κ2) is 8.31. The quantitative estimate of drug-likeness (QED) is 0.766. The van der Waals surface area contributed by atoms with Crippen molar-refractivity contribution in [2.24, 2.45) is 0 Å². The van der Waals surface area contributed by atoms with Gasteiger partial charge in [0.25, 0.3) is 5.91 Å². The van der Waals surface area contributed by atoms with E-state index in [1.54, 1.807) is 36.4 Å². The summed E-state index contributed by atoms with van der Waals surface area (Å²) in [6, 6.07) is 13.5. The van der Waals surface area contributed by atoms with Gasteiger partial charge in [-0.3, -0.25) is 4.79 Å². The van der Waals surface area contributed by atoms with Gasteiger partial charge >= 0.3 is 6.03 Å². The van der Waals surface area contributed by atoms with Crippen LogP contribution in [-0.2, 0) is 0 Å². The van der Waals surface area contributed by atoms with Crippen molar-refractivity contribution in [1.29, 1.82) is 0 Å². The zero-order valence-corrected chi connectivity index (χ0v) is 17.0. The third-order valence-electron chi connectivity index (χ3n) is 3.80. The van der Waals surface area contributed by atoms with Crippen molar-refractivity contribution in [2.45, 2.75) is 26.3 Å². The van der Waals surface area contributed by atoms with E-state index in [1.165, 1.54) is 5.01 Å². The molecule has 144 valence electrons. The van der Waals surface area contributed by atoms with Gasteiger partial charge in [-0.05, 0) is 51.1 Å². The van der Waals surface area contributed by atoms with E-state index >= 15 is 0 Å². The molecular weight excluding hydrogens is 364 g/mol. The average molecular weight is 389 g/mol. The fourth-order valence-electron chi connectivity index (χ4n) is 2.48. The first-order chi connectivity index (χ1) is 12.6. The number of halogens is 1. The summed E-state index contributed by atoms with van der Waals surface area (Å²) in [5.41, 5.74) is 3.87. The van der Waals surface area contributed by atoms with Crippen molar-refractivity contribution in [3.05, 3.63) is 59.1 Å². The second-order valence-corrected chi connectivity index (χ2v) is 7.74. The molecule has 0 heterocycles. The summed E-state index contributed by atoms with van der Waals surface area (Å²) in [5.74, 6) is -0.294. The van der Waals surface area contributed by atoms with Crippen LogP contribution in [0.3, 0.4) is 0 Å². The van der Waals surface area contributed by atoms with Crippen molar-refractivity contribution in [1.82, 2.24) is 10.4 Å². The van der Waals surface area contributed by atoms with Crippen LogP contribution in [0.25, 0.3) is 0 Å². The van der Waals surface area contributed by atoms with Crippen molar-refractivity contribution < 1.29 is 9.59 Å². The molecule has 2 N–H and O–H groups in total. The van der Waals surface area contributed by atoms with Crippen LogP contribution in [0.5, 0.6) is 0 Å². The lowest BCUT2D eigenvalue weighted by Gasteiger charge is -2.35. The number of carbonyl (C=O) groups is 2. The number of rotatable bonds is 3. The minimum absolute atomic E-state index is 0.294. The molecule has 27 heavy (non-hydrogen) atoms. The maximum atomic E-state index is 12.9. The van der Waals surface area contributed by atoms with Crippen LogP contribution in [0, 0.1) is 0 Å². The molecule has 0 saturated heterocycles. The number of hydrogen-bond donors (Lipinski definition) is 2. The standard InChI is InChI=1S/C20H25ClN4O2/c1-20(2,3)25(18(26)14-9-7-6-8-10-14)23-19(27)22-16-13-15(21)11-12-17(16)24(4)5/h6-13H,1-5H3,(H2,22,23,27). The second-order valence-electron chi connectivity index (χ2n) is 7.30. The van der Waals surface area contributed by atoms with E-state index in [-0.39, 0.29) is 5.91 Å². The van der Waals surface area contributed by atoms with Gasteiger partial charge in [0.15, 0.2) is 0 Å². The number of carbonyl (C=O) groups excluding carboxylic acids is 2. The highest BCUT2D eigenvalue weighted by Gasteiger charge is 2.29. The SMILES string of the molecule is CN(C)c1ccc(Cl)cc1NC(=O)NN(C(=O)c1ccccc1)C(C)(C)C. The van der Waals surface area contributed by atoms with E-state index < -0.39 is 11.6 Å². The smallest absolute Gasteiger partial charge is 0.338 e. The van der Waals surface area contributed by atoms with Gasteiger partial charge < -0.3 is 10.2 Å².